The van der Waals surface area contributed by atoms with E-state index in [1.807, 2.05) is 41.2 Å². The van der Waals surface area contributed by atoms with Crippen LogP contribution in [0.15, 0.2) is 76.7 Å². The lowest BCUT2D eigenvalue weighted by Gasteiger charge is -2.22. The largest absolute Gasteiger partial charge is 0.347 e. The third-order valence-corrected chi connectivity index (χ3v) is 6.00. The topological polar surface area (TPSA) is 59.0 Å². The summed E-state index contributed by atoms with van der Waals surface area (Å²) in [4.78, 5) is 14.9. The number of piperidine rings is 1. The van der Waals surface area contributed by atoms with Crippen molar-refractivity contribution >= 4 is 17.7 Å². The smallest absolute Gasteiger partial charge is 0.272 e. The minimum Gasteiger partial charge on any atom is -0.347 e. The molecule has 1 aliphatic heterocycles. The van der Waals surface area contributed by atoms with Gasteiger partial charge in [0.1, 0.15) is 5.69 Å². The van der Waals surface area contributed by atoms with Gasteiger partial charge in [0.05, 0.1) is 6.04 Å². The summed E-state index contributed by atoms with van der Waals surface area (Å²) in [6, 6.07) is 20.6. The predicted molar refractivity (Wildman–Crippen MR) is 112 cm³/mol. The van der Waals surface area contributed by atoms with Gasteiger partial charge in [-0.15, -0.1) is 0 Å². The van der Waals surface area contributed by atoms with Crippen LogP contribution in [-0.2, 0) is 6.54 Å². The van der Waals surface area contributed by atoms with Gasteiger partial charge in [0.15, 0.2) is 0 Å². The van der Waals surface area contributed by atoms with Crippen molar-refractivity contribution in [1.29, 1.82) is 0 Å². The molecule has 1 amide bonds. The number of hydrogen-bond donors (Lipinski definition) is 2. The van der Waals surface area contributed by atoms with E-state index in [9.17, 15) is 4.79 Å². The second-order valence-electron chi connectivity index (χ2n) is 6.89. The summed E-state index contributed by atoms with van der Waals surface area (Å²) < 4.78 is 1.92. The normalized spacial score (nSPS) is 16.6. The van der Waals surface area contributed by atoms with Gasteiger partial charge in [0.25, 0.3) is 5.91 Å². The molecule has 1 unspecified atom stereocenters. The Balaban J connectivity index is 1.39. The summed E-state index contributed by atoms with van der Waals surface area (Å²) in [6.07, 6.45) is 4.15. The molecule has 5 nitrogen and oxygen atoms in total. The zero-order valence-corrected chi connectivity index (χ0v) is 16.5. The monoisotopic (exact) mass is 392 g/mol. The summed E-state index contributed by atoms with van der Waals surface area (Å²) >= 11 is 1.71. The number of aromatic nitrogens is 2. The zero-order valence-electron chi connectivity index (χ0n) is 15.7. The van der Waals surface area contributed by atoms with Gasteiger partial charge in [-0.3, -0.25) is 9.48 Å². The lowest BCUT2D eigenvalue weighted by molar-refractivity contribution is 0.0944. The van der Waals surface area contributed by atoms with Crippen molar-refractivity contribution in [2.75, 3.05) is 13.1 Å². The molecule has 0 radical (unpaired) electrons. The fourth-order valence-electron chi connectivity index (χ4n) is 3.35. The molecule has 144 valence electrons. The number of nitrogens with one attached hydrogen (secondary N) is 2. The van der Waals surface area contributed by atoms with Crippen molar-refractivity contribution in [3.05, 3.63) is 78.1 Å². The maximum Gasteiger partial charge on any atom is 0.272 e. The van der Waals surface area contributed by atoms with Crippen LogP contribution in [-0.4, -0.2) is 28.8 Å². The van der Waals surface area contributed by atoms with Crippen molar-refractivity contribution in [2.24, 2.45) is 0 Å². The van der Waals surface area contributed by atoms with Crippen molar-refractivity contribution < 1.29 is 4.79 Å². The summed E-state index contributed by atoms with van der Waals surface area (Å²) in [6.45, 7) is 2.45. The molecule has 0 aliphatic carbocycles. The predicted octanol–water partition coefficient (Wildman–Crippen LogP) is 3.89. The molecule has 1 aliphatic rings. The van der Waals surface area contributed by atoms with Crippen LogP contribution >= 0.6 is 11.8 Å². The van der Waals surface area contributed by atoms with Crippen LogP contribution in [0.3, 0.4) is 0 Å². The van der Waals surface area contributed by atoms with Crippen LogP contribution < -0.4 is 10.6 Å². The Morgan fingerprint density at radius 2 is 1.96 bits per heavy atom. The fraction of sp³-hybridized carbons (Fsp3) is 0.273. The van der Waals surface area contributed by atoms with Gasteiger partial charge in [0, 0.05) is 29.1 Å². The Morgan fingerprint density at radius 3 is 2.79 bits per heavy atom. The van der Waals surface area contributed by atoms with Crippen LogP contribution in [0, 0.1) is 0 Å². The van der Waals surface area contributed by atoms with Crippen LogP contribution in [0.4, 0.5) is 0 Å². The zero-order chi connectivity index (χ0) is 19.2. The molecule has 1 fully saturated rings. The molecule has 0 spiro atoms. The van der Waals surface area contributed by atoms with Crippen LogP contribution in [0.2, 0.25) is 0 Å². The molecule has 2 aromatic carbocycles. The highest BCUT2D eigenvalue weighted by molar-refractivity contribution is 7.99. The first-order valence-corrected chi connectivity index (χ1v) is 10.5. The number of rotatable bonds is 6. The fourth-order valence-corrected chi connectivity index (χ4v) is 4.32. The number of carbonyl (C=O) groups excluding carboxylic acids is 1. The first-order valence-electron chi connectivity index (χ1n) is 9.64. The highest BCUT2D eigenvalue weighted by Gasteiger charge is 2.17. The Labute approximate surface area is 169 Å². The van der Waals surface area contributed by atoms with E-state index >= 15 is 0 Å². The number of carbonyl (C=O) groups is 1. The molecule has 1 atom stereocenters. The molecular weight excluding hydrogens is 368 g/mol. The van der Waals surface area contributed by atoms with E-state index in [4.69, 9.17) is 0 Å². The quantitative estimate of drug-likeness (QED) is 0.668. The summed E-state index contributed by atoms with van der Waals surface area (Å²) in [5, 5.41) is 10.9. The van der Waals surface area contributed by atoms with Crippen molar-refractivity contribution in [1.82, 2.24) is 20.4 Å². The first-order chi connectivity index (χ1) is 13.8. The van der Waals surface area contributed by atoms with Crippen LogP contribution in [0.1, 0.15) is 34.9 Å². The molecule has 1 aromatic heterocycles. The number of nitrogens with zero attached hydrogens (tertiary/aromatic N) is 2. The molecule has 0 bridgehead atoms. The van der Waals surface area contributed by atoms with Gasteiger partial charge < -0.3 is 10.6 Å². The second-order valence-corrected chi connectivity index (χ2v) is 8.00. The van der Waals surface area contributed by atoms with E-state index in [0.29, 0.717) is 18.3 Å². The maximum absolute atomic E-state index is 12.6. The van der Waals surface area contributed by atoms with Gasteiger partial charge in [-0.05, 0) is 49.2 Å². The van der Waals surface area contributed by atoms with Gasteiger partial charge in [-0.1, -0.05) is 48.2 Å². The molecule has 3 aromatic rings. The molecular formula is C22H24N4OS. The van der Waals surface area contributed by atoms with E-state index in [2.05, 4.69) is 40.0 Å². The number of amides is 1. The van der Waals surface area contributed by atoms with Crippen molar-refractivity contribution in [2.45, 2.75) is 35.2 Å². The molecule has 2 N–H and O–H groups in total. The second kappa shape index (κ2) is 9.08. The van der Waals surface area contributed by atoms with Gasteiger partial charge in [0.2, 0.25) is 0 Å². The first kappa shape index (κ1) is 18.8. The van der Waals surface area contributed by atoms with E-state index in [1.165, 1.54) is 4.90 Å². The van der Waals surface area contributed by atoms with Crippen molar-refractivity contribution in [3.8, 4) is 0 Å². The Morgan fingerprint density at radius 1 is 1.14 bits per heavy atom. The number of benzene rings is 2. The number of hydrogen-bond acceptors (Lipinski definition) is 4. The lowest BCUT2D eigenvalue weighted by Crippen LogP contribution is -2.32. The molecule has 0 saturated carbocycles. The third-order valence-electron chi connectivity index (χ3n) is 4.87. The molecule has 2 heterocycles. The maximum atomic E-state index is 12.6. The molecule has 28 heavy (non-hydrogen) atoms. The molecule has 6 heteroatoms. The Kier molecular flexibility index (Phi) is 6.09. The average Bonchev–Trinajstić information content (AvgIpc) is 3.25. The Hall–Kier alpha value is -2.57. The molecule has 1 saturated heterocycles. The Bertz CT molecular complexity index is 919. The minimum absolute atomic E-state index is 0.137. The van der Waals surface area contributed by atoms with Gasteiger partial charge >= 0.3 is 0 Å². The summed E-state index contributed by atoms with van der Waals surface area (Å²) in [5.41, 5.74) is 1.57. The van der Waals surface area contributed by atoms with E-state index < -0.39 is 0 Å². The highest BCUT2D eigenvalue weighted by atomic mass is 32.2. The van der Waals surface area contributed by atoms with E-state index in [-0.39, 0.29) is 5.91 Å². The van der Waals surface area contributed by atoms with Crippen LogP contribution in [0.25, 0.3) is 0 Å². The van der Waals surface area contributed by atoms with Crippen molar-refractivity contribution in [3.63, 3.8) is 0 Å². The van der Waals surface area contributed by atoms with E-state index in [0.717, 1.165) is 36.4 Å². The average molecular weight is 393 g/mol. The van der Waals surface area contributed by atoms with E-state index in [1.54, 1.807) is 17.8 Å². The summed E-state index contributed by atoms with van der Waals surface area (Å²) in [5.74, 6) is -0.137. The lowest BCUT2D eigenvalue weighted by atomic mass is 10.1. The highest BCUT2D eigenvalue weighted by Crippen LogP contribution is 2.30. The standard InChI is InChI=1S/C22H24N4OS/c27-22(20-12-14-26(25-20)18-8-6-13-23-16-18)24-15-17-7-4-5-11-21(17)28-19-9-2-1-3-10-19/h1-5,7,9-12,14,18,23H,6,8,13,15-16H2,(H,24,27). The molecule has 4 rings (SSSR count). The van der Waals surface area contributed by atoms with Crippen LogP contribution in [0.5, 0.6) is 0 Å². The third kappa shape index (κ3) is 4.64. The summed E-state index contributed by atoms with van der Waals surface area (Å²) in [7, 11) is 0. The SMILES string of the molecule is O=C(NCc1ccccc1Sc1ccccc1)c1ccn(C2CCCNC2)n1. The van der Waals surface area contributed by atoms with Gasteiger partial charge in [-0.25, -0.2) is 0 Å². The van der Waals surface area contributed by atoms with Gasteiger partial charge in [-0.2, -0.15) is 5.10 Å². The minimum atomic E-state index is -0.137.